The van der Waals surface area contributed by atoms with E-state index in [1.54, 1.807) is 7.11 Å². The molecule has 1 aliphatic rings. The number of anilines is 1. The number of hydrogen-bond acceptors (Lipinski definition) is 4. The van der Waals surface area contributed by atoms with Crippen molar-refractivity contribution in [2.45, 2.75) is 52.9 Å². The van der Waals surface area contributed by atoms with Gasteiger partial charge in [-0.3, -0.25) is 14.7 Å². The zero-order valence-electron chi connectivity index (χ0n) is 19.0. The lowest BCUT2D eigenvalue weighted by Gasteiger charge is -2.32. The standard InChI is InChI=1S/C24H34N4O3/c1-16(2)12-19-14-22(27-26-19)24(30)28-11-5-6-18(15-28)7-10-23(29)25-21-9-8-20(31-4)13-17(21)3/h8-9,13-14,16,18H,5-7,10-12,15H2,1-4H3,(H,25,29)(H,26,27). The first-order chi connectivity index (χ1) is 14.9. The fourth-order valence-corrected chi connectivity index (χ4v) is 4.11. The number of rotatable bonds is 8. The van der Waals surface area contributed by atoms with Crippen LogP contribution < -0.4 is 10.1 Å². The predicted molar refractivity (Wildman–Crippen MR) is 121 cm³/mol. The highest BCUT2D eigenvalue weighted by molar-refractivity contribution is 5.92. The van der Waals surface area contributed by atoms with Crippen molar-refractivity contribution in [3.63, 3.8) is 0 Å². The molecule has 1 fully saturated rings. The van der Waals surface area contributed by atoms with Gasteiger partial charge in [-0.2, -0.15) is 5.10 Å². The summed E-state index contributed by atoms with van der Waals surface area (Å²) >= 11 is 0. The Morgan fingerprint density at radius 3 is 2.84 bits per heavy atom. The molecule has 0 aliphatic carbocycles. The van der Waals surface area contributed by atoms with E-state index in [1.807, 2.05) is 36.1 Å². The van der Waals surface area contributed by atoms with Crippen molar-refractivity contribution in [1.82, 2.24) is 15.1 Å². The number of ether oxygens (including phenoxy) is 1. The molecule has 1 unspecified atom stereocenters. The van der Waals surface area contributed by atoms with Crippen LogP contribution in [0.4, 0.5) is 5.69 Å². The number of benzene rings is 1. The summed E-state index contributed by atoms with van der Waals surface area (Å²) in [6.45, 7) is 7.66. The van der Waals surface area contributed by atoms with Crippen molar-refractivity contribution in [2.24, 2.45) is 11.8 Å². The van der Waals surface area contributed by atoms with Crippen LogP contribution in [0.15, 0.2) is 24.3 Å². The minimum atomic E-state index is -0.0192. The summed E-state index contributed by atoms with van der Waals surface area (Å²) < 4.78 is 5.21. The number of amides is 2. The Kier molecular flexibility index (Phi) is 7.71. The lowest BCUT2D eigenvalue weighted by molar-refractivity contribution is -0.116. The predicted octanol–water partition coefficient (Wildman–Crippen LogP) is 4.20. The molecule has 0 spiro atoms. The van der Waals surface area contributed by atoms with Crippen LogP contribution in [0.25, 0.3) is 0 Å². The molecule has 1 aliphatic heterocycles. The van der Waals surface area contributed by atoms with Crippen molar-refractivity contribution in [3.8, 4) is 5.75 Å². The van der Waals surface area contributed by atoms with Crippen LogP contribution >= 0.6 is 0 Å². The fraction of sp³-hybridized carbons (Fsp3) is 0.542. The van der Waals surface area contributed by atoms with Gasteiger partial charge < -0.3 is 15.0 Å². The highest BCUT2D eigenvalue weighted by Crippen LogP contribution is 2.24. The molecule has 0 saturated carbocycles. The van der Waals surface area contributed by atoms with Crippen LogP contribution in [-0.4, -0.2) is 47.1 Å². The Morgan fingerprint density at radius 1 is 1.32 bits per heavy atom. The van der Waals surface area contributed by atoms with Gasteiger partial charge in [0.05, 0.1) is 7.11 Å². The molecule has 2 amide bonds. The Morgan fingerprint density at radius 2 is 2.13 bits per heavy atom. The number of piperidine rings is 1. The Hall–Kier alpha value is -2.83. The van der Waals surface area contributed by atoms with Gasteiger partial charge in [-0.15, -0.1) is 0 Å². The third-order valence-electron chi connectivity index (χ3n) is 5.77. The van der Waals surface area contributed by atoms with E-state index in [-0.39, 0.29) is 11.8 Å². The van der Waals surface area contributed by atoms with E-state index in [9.17, 15) is 9.59 Å². The maximum absolute atomic E-state index is 12.9. The van der Waals surface area contributed by atoms with Crippen molar-refractivity contribution in [3.05, 3.63) is 41.2 Å². The smallest absolute Gasteiger partial charge is 0.274 e. The largest absolute Gasteiger partial charge is 0.497 e. The van der Waals surface area contributed by atoms with Crippen molar-refractivity contribution >= 4 is 17.5 Å². The SMILES string of the molecule is COc1ccc(NC(=O)CCC2CCCN(C(=O)c3cc(CC(C)C)[nH]n3)C2)c(C)c1. The van der Waals surface area contributed by atoms with E-state index in [1.165, 1.54) is 0 Å². The third-order valence-corrected chi connectivity index (χ3v) is 5.77. The van der Waals surface area contributed by atoms with Gasteiger partial charge in [-0.05, 0) is 74.3 Å². The molecule has 2 aromatic rings. The number of aromatic nitrogens is 2. The quantitative estimate of drug-likeness (QED) is 0.662. The summed E-state index contributed by atoms with van der Waals surface area (Å²) in [6, 6.07) is 7.48. The molecule has 7 nitrogen and oxygen atoms in total. The van der Waals surface area contributed by atoms with E-state index < -0.39 is 0 Å². The highest BCUT2D eigenvalue weighted by atomic mass is 16.5. The second-order valence-corrected chi connectivity index (χ2v) is 8.90. The minimum absolute atomic E-state index is 0.00217. The summed E-state index contributed by atoms with van der Waals surface area (Å²) in [5.74, 6) is 1.59. The average molecular weight is 427 g/mol. The normalized spacial score (nSPS) is 16.4. The van der Waals surface area contributed by atoms with Crippen LogP contribution in [0, 0.1) is 18.8 Å². The molecule has 31 heavy (non-hydrogen) atoms. The lowest BCUT2D eigenvalue weighted by atomic mass is 9.93. The highest BCUT2D eigenvalue weighted by Gasteiger charge is 2.26. The Bertz CT molecular complexity index is 906. The molecule has 2 N–H and O–H groups in total. The maximum Gasteiger partial charge on any atom is 0.274 e. The van der Waals surface area contributed by atoms with Gasteiger partial charge >= 0.3 is 0 Å². The van der Waals surface area contributed by atoms with E-state index in [0.29, 0.717) is 30.5 Å². The first kappa shape index (κ1) is 22.8. The zero-order chi connectivity index (χ0) is 22.4. The Balaban J connectivity index is 1.49. The van der Waals surface area contributed by atoms with Crippen LogP contribution in [0.2, 0.25) is 0 Å². The fourth-order valence-electron chi connectivity index (χ4n) is 4.11. The third kappa shape index (κ3) is 6.32. The molecule has 1 aromatic heterocycles. The number of methoxy groups -OCH3 is 1. The summed E-state index contributed by atoms with van der Waals surface area (Å²) in [5.41, 5.74) is 3.27. The molecule has 1 atom stereocenters. The van der Waals surface area contributed by atoms with Gasteiger partial charge in [0.25, 0.3) is 5.91 Å². The number of aryl methyl sites for hydroxylation is 1. The molecule has 0 bridgehead atoms. The van der Waals surface area contributed by atoms with Crippen LogP contribution in [0.1, 0.15) is 61.3 Å². The van der Waals surface area contributed by atoms with Gasteiger partial charge in [-0.25, -0.2) is 0 Å². The molecule has 0 radical (unpaired) electrons. The molecule has 2 heterocycles. The van der Waals surface area contributed by atoms with Crippen LogP contribution in [0.5, 0.6) is 5.75 Å². The van der Waals surface area contributed by atoms with Crippen LogP contribution in [0.3, 0.4) is 0 Å². The number of carbonyl (C=O) groups is 2. The first-order valence-electron chi connectivity index (χ1n) is 11.1. The van der Waals surface area contributed by atoms with Gasteiger partial charge in [0.2, 0.25) is 5.91 Å². The van der Waals surface area contributed by atoms with Gasteiger partial charge in [-0.1, -0.05) is 13.8 Å². The maximum atomic E-state index is 12.9. The van der Waals surface area contributed by atoms with Crippen molar-refractivity contribution in [1.29, 1.82) is 0 Å². The number of nitrogens with zero attached hydrogens (tertiary/aromatic N) is 2. The molecule has 168 valence electrons. The summed E-state index contributed by atoms with van der Waals surface area (Å²) in [4.78, 5) is 27.2. The molecule has 3 rings (SSSR count). The number of carbonyl (C=O) groups excluding carboxylic acids is 2. The topological polar surface area (TPSA) is 87.3 Å². The minimum Gasteiger partial charge on any atom is -0.497 e. The molecule has 1 aromatic carbocycles. The number of hydrogen-bond donors (Lipinski definition) is 2. The van der Waals surface area contributed by atoms with E-state index in [4.69, 9.17) is 4.74 Å². The number of likely N-dealkylation sites (tertiary alicyclic amines) is 1. The first-order valence-corrected chi connectivity index (χ1v) is 11.1. The van der Waals surface area contributed by atoms with E-state index in [0.717, 1.165) is 54.9 Å². The lowest BCUT2D eigenvalue weighted by Crippen LogP contribution is -2.40. The summed E-state index contributed by atoms with van der Waals surface area (Å²) in [5, 5.41) is 10.2. The summed E-state index contributed by atoms with van der Waals surface area (Å²) in [7, 11) is 1.63. The second-order valence-electron chi connectivity index (χ2n) is 8.90. The van der Waals surface area contributed by atoms with Crippen molar-refractivity contribution < 1.29 is 14.3 Å². The Labute approximate surface area is 184 Å². The molecule has 1 saturated heterocycles. The molecular formula is C24H34N4O3. The molecule has 7 heteroatoms. The molecular weight excluding hydrogens is 392 g/mol. The van der Waals surface area contributed by atoms with Gasteiger partial charge in [0.1, 0.15) is 11.4 Å². The van der Waals surface area contributed by atoms with Crippen molar-refractivity contribution in [2.75, 3.05) is 25.5 Å². The second kappa shape index (κ2) is 10.5. The monoisotopic (exact) mass is 426 g/mol. The number of H-pyrrole nitrogens is 1. The van der Waals surface area contributed by atoms with Gasteiger partial charge in [0.15, 0.2) is 0 Å². The van der Waals surface area contributed by atoms with Gasteiger partial charge in [0, 0.05) is 30.9 Å². The van der Waals surface area contributed by atoms with E-state index >= 15 is 0 Å². The number of aromatic amines is 1. The zero-order valence-corrected chi connectivity index (χ0v) is 19.0. The summed E-state index contributed by atoms with van der Waals surface area (Å²) in [6.07, 6.45) is 4.09. The van der Waals surface area contributed by atoms with E-state index in [2.05, 4.69) is 29.4 Å². The average Bonchev–Trinajstić information content (AvgIpc) is 3.21. The number of nitrogens with one attached hydrogen (secondary N) is 2. The van der Waals surface area contributed by atoms with Crippen LogP contribution in [-0.2, 0) is 11.2 Å².